The first-order valence-electron chi connectivity index (χ1n) is 10.7. The molecule has 1 amide bonds. The van der Waals surface area contributed by atoms with Gasteiger partial charge in [-0.1, -0.05) is 91.0 Å². The lowest BCUT2D eigenvalue weighted by atomic mass is 9.85. The van der Waals surface area contributed by atoms with Crippen LogP contribution in [-0.2, 0) is 17.0 Å². The summed E-state index contributed by atoms with van der Waals surface area (Å²) < 4.78 is 6.64. The first-order chi connectivity index (χ1) is 16.6. The second-order valence-corrected chi connectivity index (χ2v) is 8.46. The van der Waals surface area contributed by atoms with Crippen LogP contribution in [0.2, 0.25) is 0 Å². The number of amides is 1. The van der Waals surface area contributed by atoms with Crippen LogP contribution in [0.25, 0.3) is 0 Å². The van der Waals surface area contributed by atoms with Crippen LogP contribution in [-0.4, -0.2) is 17.2 Å². The fourth-order valence-electron chi connectivity index (χ4n) is 3.48. The molecule has 0 fully saturated rings. The average molecular weight is 515 g/mol. The van der Waals surface area contributed by atoms with E-state index in [1.807, 2.05) is 60.7 Å². The molecular weight excluding hydrogens is 492 g/mol. The van der Waals surface area contributed by atoms with Crippen LogP contribution >= 0.6 is 15.9 Å². The van der Waals surface area contributed by atoms with E-state index in [9.17, 15) is 9.90 Å². The Balaban J connectivity index is 1.46. The van der Waals surface area contributed by atoms with Crippen LogP contribution in [0.4, 0.5) is 0 Å². The number of hydrazone groups is 1. The maximum Gasteiger partial charge on any atom is 0.281 e. The average Bonchev–Trinajstić information content (AvgIpc) is 2.89. The lowest BCUT2D eigenvalue weighted by Gasteiger charge is -2.27. The van der Waals surface area contributed by atoms with Crippen LogP contribution in [0.15, 0.2) is 119 Å². The highest BCUT2D eigenvalue weighted by Gasteiger charge is 2.39. The number of aliphatic hydroxyl groups is 1. The zero-order valence-corrected chi connectivity index (χ0v) is 19.9. The van der Waals surface area contributed by atoms with Crippen molar-refractivity contribution >= 4 is 28.1 Å². The number of carbonyl (C=O) groups is 1. The van der Waals surface area contributed by atoms with Crippen LogP contribution < -0.4 is 10.2 Å². The Morgan fingerprint density at radius 3 is 2.00 bits per heavy atom. The van der Waals surface area contributed by atoms with Crippen molar-refractivity contribution in [2.75, 3.05) is 0 Å². The molecule has 4 rings (SSSR count). The molecule has 5 nitrogen and oxygen atoms in total. The number of carbonyl (C=O) groups excluding carboxylic acids is 1. The van der Waals surface area contributed by atoms with Gasteiger partial charge in [-0.3, -0.25) is 4.79 Å². The summed E-state index contributed by atoms with van der Waals surface area (Å²) in [4.78, 5) is 13.1. The van der Waals surface area contributed by atoms with Gasteiger partial charge in [-0.05, 0) is 56.4 Å². The zero-order chi connectivity index (χ0) is 23.8. The molecule has 4 aromatic rings. The molecule has 0 bridgehead atoms. The summed E-state index contributed by atoms with van der Waals surface area (Å²) in [6.45, 7) is 0.459. The van der Waals surface area contributed by atoms with Crippen LogP contribution in [0.3, 0.4) is 0 Å². The molecule has 0 aromatic heterocycles. The van der Waals surface area contributed by atoms with Crippen molar-refractivity contribution in [3.05, 3.63) is 136 Å². The minimum atomic E-state index is -1.88. The first-order valence-corrected chi connectivity index (χ1v) is 11.5. The Labute approximate surface area is 206 Å². The molecule has 0 aliphatic heterocycles. The van der Waals surface area contributed by atoms with Crippen LogP contribution in [0.5, 0.6) is 5.75 Å². The van der Waals surface area contributed by atoms with Gasteiger partial charge in [0.05, 0.1) is 10.7 Å². The number of ether oxygens (including phenoxy) is 1. The SMILES string of the molecule is O=C(N/N=C\c1ccc(OCc2ccccc2)c(Br)c1)C(O)(c1ccccc1)c1ccccc1. The van der Waals surface area contributed by atoms with E-state index in [2.05, 4.69) is 26.5 Å². The second kappa shape index (κ2) is 10.9. The highest BCUT2D eigenvalue weighted by molar-refractivity contribution is 9.10. The number of hydrogen-bond acceptors (Lipinski definition) is 4. The Morgan fingerprint density at radius 1 is 0.882 bits per heavy atom. The van der Waals surface area contributed by atoms with Crippen molar-refractivity contribution < 1.29 is 14.6 Å². The molecule has 0 spiro atoms. The Hall–Kier alpha value is -3.74. The number of halogens is 1. The van der Waals surface area contributed by atoms with Gasteiger partial charge >= 0.3 is 0 Å². The quantitative estimate of drug-likeness (QED) is 0.244. The van der Waals surface area contributed by atoms with E-state index in [0.29, 0.717) is 23.5 Å². The maximum atomic E-state index is 13.1. The van der Waals surface area contributed by atoms with E-state index < -0.39 is 11.5 Å². The fourth-order valence-corrected chi connectivity index (χ4v) is 3.99. The van der Waals surface area contributed by atoms with E-state index in [-0.39, 0.29) is 0 Å². The van der Waals surface area contributed by atoms with Gasteiger partial charge in [-0.2, -0.15) is 5.10 Å². The van der Waals surface area contributed by atoms with Gasteiger partial charge in [0, 0.05) is 0 Å². The predicted molar refractivity (Wildman–Crippen MR) is 137 cm³/mol. The molecular formula is C28H23BrN2O3. The number of rotatable bonds is 8. The third-order valence-electron chi connectivity index (χ3n) is 5.28. The van der Waals surface area contributed by atoms with Crippen molar-refractivity contribution in [3.8, 4) is 5.75 Å². The van der Waals surface area contributed by atoms with Gasteiger partial charge in [0.1, 0.15) is 12.4 Å². The van der Waals surface area contributed by atoms with Gasteiger partial charge in [-0.15, -0.1) is 0 Å². The lowest BCUT2D eigenvalue weighted by molar-refractivity contribution is -0.136. The van der Waals surface area contributed by atoms with Crippen molar-refractivity contribution in [2.45, 2.75) is 12.2 Å². The number of nitrogens with zero attached hydrogens (tertiary/aromatic N) is 1. The highest BCUT2D eigenvalue weighted by atomic mass is 79.9. The minimum absolute atomic E-state index is 0.455. The van der Waals surface area contributed by atoms with Crippen molar-refractivity contribution in [2.24, 2.45) is 5.10 Å². The Bertz CT molecular complexity index is 1220. The topological polar surface area (TPSA) is 70.9 Å². The van der Waals surface area contributed by atoms with E-state index in [1.54, 1.807) is 48.5 Å². The summed E-state index contributed by atoms with van der Waals surface area (Å²) in [5, 5.41) is 15.5. The first kappa shape index (κ1) is 23.4. The molecule has 170 valence electrons. The van der Waals surface area contributed by atoms with E-state index in [4.69, 9.17) is 4.74 Å². The van der Waals surface area contributed by atoms with Crippen molar-refractivity contribution in [1.82, 2.24) is 5.43 Å². The monoisotopic (exact) mass is 514 g/mol. The number of nitrogens with one attached hydrogen (secondary N) is 1. The van der Waals surface area contributed by atoms with Crippen molar-refractivity contribution in [3.63, 3.8) is 0 Å². The number of benzene rings is 4. The van der Waals surface area contributed by atoms with Crippen LogP contribution in [0, 0.1) is 0 Å². The Morgan fingerprint density at radius 2 is 1.44 bits per heavy atom. The zero-order valence-electron chi connectivity index (χ0n) is 18.3. The summed E-state index contributed by atoms with van der Waals surface area (Å²) in [6, 6.07) is 33.0. The molecule has 0 saturated heterocycles. The summed E-state index contributed by atoms with van der Waals surface area (Å²) >= 11 is 3.52. The van der Waals surface area contributed by atoms with Gasteiger partial charge < -0.3 is 9.84 Å². The highest BCUT2D eigenvalue weighted by Crippen LogP contribution is 2.30. The summed E-state index contributed by atoms with van der Waals surface area (Å²) in [6.07, 6.45) is 1.51. The molecule has 0 aliphatic rings. The molecule has 0 aliphatic carbocycles. The Kier molecular flexibility index (Phi) is 7.52. The maximum absolute atomic E-state index is 13.1. The van der Waals surface area contributed by atoms with Gasteiger partial charge in [0.25, 0.3) is 5.91 Å². The van der Waals surface area contributed by atoms with Crippen molar-refractivity contribution in [1.29, 1.82) is 0 Å². The normalized spacial score (nSPS) is 11.4. The van der Waals surface area contributed by atoms with Crippen LogP contribution in [0.1, 0.15) is 22.3 Å². The van der Waals surface area contributed by atoms with E-state index >= 15 is 0 Å². The minimum Gasteiger partial charge on any atom is -0.488 e. The van der Waals surface area contributed by atoms with Gasteiger partial charge in [-0.25, -0.2) is 5.43 Å². The smallest absolute Gasteiger partial charge is 0.281 e. The fraction of sp³-hybridized carbons (Fsp3) is 0.0714. The third-order valence-corrected chi connectivity index (χ3v) is 5.90. The molecule has 4 aromatic carbocycles. The molecule has 0 unspecified atom stereocenters. The predicted octanol–water partition coefficient (Wildman–Crippen LogP) is 5.41. The van der Waals surface area contributed by atoms with E-state index in [1.165, 1.54) is 6.21 Å². The molecule has 0 saturated carbocycles. The van der Waals surface area contributed by atoms with E-state index in [0.717, 1.165) is 15.6 Å². The molecule has 2 N–H and O–H groups in total. The summed E-state index contributed by atoms with van der Waals surface area (Å²) in [5.41, 5.74) is 3.34. The lowest BCUT2D eigenvalue weighted by Crippen LogP contribution is -2.43. The number of hydrogen-bond donors (Lipinski definition) is 2. The molecule has 0 heterocycles. The summed E-state index contributed by atoms with van der Waals surface area (Å²) in [7, 11) is 0. The van der Waals surface area contributed by atoms with Gasteiger partial charge in [0.2, 0.25) is 0 Å². The van der Waals surface area contributed by atoms with Gasteiger partial charge in [0.15, 0.2) is 5.60 Å². The molecule has 6 heteroatoms. The summed E-state index contributed by atoms with van der Waals surface area (Å²) in [5.74, 6) is 0.0515. The molecule has 0 atom stereocenters. The molecule has 0 radical (unpaired) electrons. The largest absolute Gasteiger partial charge is 0.488 e. The standard InChI is InChI=1S/C28H23BrN2O3/c29-25-18-22(16-17-26(25)34-20-21-10-4-1-5-11-21)19-30-31-27(32)28(33,23-12-6-2-7-13-23)24-14-8-3-9-15-24/h1-19,33H,20H2,(H,31,32)/b30-19-. The second-order valence-electron chi connectivity index (χ2n) is 7.61. The molecule has 34 heavy (non-hydrogen) atoms. The third kappa shape index (κ3) is 5.42.